The molecular weight excluding hydrogens is 418 g/mol. The summed E-state index contributed by atoms with van der Waals surface area (Å²) in [4.78, 5) is 26.8. The van der Waals surface area contributed by atoms with Gasteiger partial charge in [0.15, 0.2) is 5.11 Å². The number of nitrogens with zero attached hydrogens (tertiary/aromatic N) is 2. The number of aryl methyl sites for hydroxylation is 2. The van der Waals surface area contributed by atoms with Gasteiger partial charge in [0.1, 0.15) is 5.57 Å². The van der Waals surface area contributed by atoms with Gasteiger partial charge in [-0.25, -0.2) is 0 Å². The van der Waals surface area contributed by atoms with Gasteiger partial charge in [0.05, 0.1) is 5.69 Å². The maximum Gasteiger partial charge on any atom is 0.270 e. The van der Waals surface area contributed by atoms with Crippen molar-refractivity contribution in [1.29, 1.82) is 0 Å². The fraction of sp³-hybridized carbons (Fsp3) is 0.0870. The van der Waals surface area contributed by atoms with E-state index < -0.39 is 11.8 Å². The average molecular weight is 436 g/mol. The monoisotopic (exact) mass is 435 g/mol. The third kappa shape index (κ3) is 3.67. The van der Waals surface area contributed by atoms with Crippen LogP contribution in [-0.2, 0) is 9.59 Å². The lowest BCUT2D eigenvalue weighted by Gasteiger charge is -2.29. The predicted molar refractivity (Wildman–Crippen MR) is 123 cm³/mol. The van der Waals surface area contributed by atoms with Crippen LogP contribution in [0.4, 0.5) is 5.69 Å². The van der Waals surface area contributed by atoms with Crippen molar-refractivity contribution in [2.75, 3.05) is 4.90 Å². The third-order valence-electron chi connectivity index (χ3n) is 4.92. The topological polar surface area (TPSA) is 54.3 Å². The highest BCUT2D eigenvalue weighted by molar-refractivity contribution is 7.80. The first kappa shape index (κ1) is 20.1. The van der Waals surface area contributed by atoms with E-state index in [4.69, 9.17) is 23.8 Å². The van der Waals surface area contributed by atoms with Gasteiger partial charge in [-0.1, -0.05) is 23.7 Å². The smallest absolute Gasteiger partial charge is 0.270 e. The molecule has 1 aromatic heterocycles. The van der Waals surface area contributed by atoms with E-state index in [1.165, 1.54) is 4.90 Å². The second-order valence-electron chi connectivity index (χ2n) is 6.98. The van der Waals surface area contributed by atoms with E-state index in [2.05, 4.69) is 22.0 Å². The van der Waals surface area contributed by atoms with Crippen LogP contribution in [0.1, 0.15) is 17.0 Å². The summed E-state index contributed by atoms with van der Waals surface area (Å²) in [5.41, 5.74) is 4.57. The molecule has 1 fully saturated rings. The van der Waals surface area contributed by atoms with Crippen LogP contribution in [0.15, 0.2) is 66.2 Å². The summed E-state index contributed by atoms with van der Waals surface area (Å²) in [6.07, 6.45) is 1.57. The van der Waals surface area contributed by atoms with Gasteiger partial charge in [0.2, 0.25) is 0 Å². The van der Waals surface area contributed by atoms with E-state index in [-0.39, 0.29) is 10.7 Å². The number of hydrogen-bond acceptors (Lipinski definition) is 3. The van der Waals surface area contributed by atoms with Gasteiger partial charge in [-0.2, -0.15) is 0 Å². The molecule has 2 aromatic carbocycles. The van der Waals surface area contributed by atoms with Crippen LogP contribution >= 0.6 is 23.8 Å². The number of halogens is 1. The van der Waals surface area contributed by atoms with Crippen molar-refractivity contribution < 1.29 is 9.59 Å². The Morgan fingerprint density at radius 1 is 0.867 bits per heavy atom. The van der Waals surface area contributed by atoms with Gasteiger partial charge in [-0.3, -0.25) is 19.8 Å². The molecule has 2 amide bonds. The van der Waals surface area contributed by atoms with Crippen LogP contribution < -0.4 is 10.2 Å². The third-order valence-corrected chi connectivity index (χ3v) is 5.46. The lowest BCUT2D eigenvalue weighted by molar-refractivity contribution is -0.122. The molecule has 7 heteroatoms. The maximum atomic E-state index is 13.1. The molecule has 1 aliphatic heterocycles. The normalized spacial score (nSPS) is 15.6. The Bertz CT molecular complexity index is 1170. The summed E-state index contributed by atoms with van der Waals surface area (Å²) in [7, 11) is 0. The molecule has 0 saturated carbocycles. The molecule has 0 aliphatic carbocycles. The molecule has 1 saturated heterocycles. The molecule has 5 nitrogen and oxygen atoms in total. The number of carbonyl (C=O) groups excluding carboxylic acids is 2. The number of hydrogen-bond donors (Lipinski definition) is 1. The summed E-state index contributed by atoms with van der Waals surface area (Å²) in [5.74, 6) is -0.997. The summed E-state index contributed by atoms with van der Waals surface area (Å²) < 4.78 is 2.14. The number of benzene rings is 2. The number of anilines is 1. The molecule has 0 bridgehead atoms. The molecule has 0 atom stereocenters. The van der Waals surface area contributed by atoms with E-state index in [1.54, 1.807) is 30.3 Å². The number of rotatable bonds is 3. The summed E-state index contributed by atoms with van der Waals surface area (Å²) in [5, 5.41) is 3.17. The SMILES string of the molecule is Cc1ccc(C)n1-c1ccc(/C=C2\C(=O)NC(=S)N(c3ccc(Cl)cc3)C2=O)cc1. The molecule has 30 heavy (non-hydrogen) atoms. The molecule has 3 aromatic rings. The highest BCUT2D eigenvalue weighted by Gasteiger charge is 2.34. The van der Waals surface area contributed by atoms with Crippen LogP contribution in [0.5, 0.6) is 0 Å². The van der Waals surface area contributed by atoms with Gasteiger partial charge in [0.25, 0.3) is 11.8 Å². The standard InChI is InChI=1S/C23H18ClN3O2S/c1-14-3-4-15(2)26(14)18-9-5-16(6-10-18)13-20-21(28)25-23(30)27(22(20)29)19-11-7-17(24)8-12-19/h3-13H,1-2H3,(H,25,28,30)/b20-13+. The van der Waals surface area contributed by atoms with Gasteiger partial charge in [0, 0.05) is 22.1 Å². The van der Waals surface area contributed by atoms with Crippen LogP contribution in [0.2, 0.25) is 5.02 Å². The minimum Gasteiger partial charge on any atom is -0.319 e. The molecule has 2 heterocycles. The van der Waals surface area contributed by atoms with E-state index in [0.717, 1.165) is 22.6 Å². The van der Waals surface area contributed by atoms with Gasteiger partial charge >= 0.3 is 0 Å². The molecule has 1 aliphatic rings. The summed E-state index contributed by atoms with van der Waals surface area (Å²) >= 11 is 11.1. The molecule has 0 unspecified atom stereocenters. The van der Waals surface area contributed by atoms with Gasteiger partial charge in [-0.15, -0.1) is 0 Å². The van der Waals surface area contributed by atoms with Crippen molar-refractivity contribution in [3.63, 3.8) is 0 Å². The Labute approximate surface area is 184 Å². The molecule has 4 rings (SSSR count). The Morgan fingerprint density at radius 3 is 2.03 bits per heavy atom. The highest BCUT2D eigenvalue weighted by Crippen LogP contribution is 2.24. The minimum atomic E-state index is -0.517. The zero-order valence-electron chi connectivity index (χ0n) is 16.3. The first-order chi connectivity index (χ1) is 14.3. The lowest BCUT2D eigenvalue weighted by Crippen LogP contribution is -2.54. The van der Waals surface area contributed by atoms with E-state index in [0.29, 0.717) is 10.7 Å². The zero-order chi connectivity index (χ0) is 21.4. The second kappa shape index (κ2) is 7.89. The van der Waals surface area contributed by atoms with Crippen LogP contribution in [-0.4, -0.2) is 21.5 Å². The minimum absolute atomic E-state index is 0.0135. The first-order valence-electron chi connectivity index (χ1n) is 9.27. The van der Waals surface area contributed by atoms with Crippen molar-refractivity contribution in [2.24, 2.45) is 0 Å². The lowest BCUT2D eigenvalue weighted by atomic mass is 10.1. The largest absolute Gasteiger partial charge is 0.319 e. The number of amides is 2. The molecule has 150 valence electrons. The van der Waals surface area contributed by atoms with E-state index in [9.17, 15) is 9.59 Å². The first-order valence-corrected chi connectivity index (χ1v) is 10.1. The Hall–Kier alpha value is -3.22. The predicted octanol–water partition coefficient (Wildman–Crippen LogP) is 4.58. The second-order valence-corrected chi connectivity index (χ2v) is 7.80. The fourth-order valence-corrected chi connectivity index (χ4v) is 3.85. The van der Waals surface area contributed by atoms with Gasteiger partial charge < -0.3 is 4.57 Å². The molecular formula is C23H18ClN3O2S. The van der Waals surface area contributed by atoms with E-state index in [1.807, 2.05) is 38.1 Å². The Balaban J connectivity index is 1.66. The number of carbonyl (C=O) groups is 2. The molecule has 0 radical (unpaired) electrons. The number of thiocarbonyl (C=S) groups is 1. The van der Waals surface area contributed by atoms with Crippen molar-refractivity contribution in [3.8, 4) is 5.69 Å². The van der Waals surface area contributed by atoms with Crippen molar-refractivity contribution in [2.45, 2.75) is 13.8 Å². The number of nitrogens with one attached hydrogen (secondary N) is 1. The van der Waals surface area contributed by atoms with Crippen molar-refractivity contribution in [1.82, 2.24) is 9.88 Å². The Kier molecular flexibility index (Phi) is 5.28. The van der Waals surface area contributed by atoms with Crippen molar-refractivity contribution in [3.05, 3.63) is 88.2 Å². The molecule has 1 N–H and O–H groups in total. The van der Waals surface area contributed by atoms with E-state index >= 15 is 0 Å². The zero-order valence-corrected chi connectivity index (χ0v) is 17.9. The van der Waals surface area contributed by atoms with Crippen LogP contribution in [0.3, 0.4) is 0 Å². The summed E-state index contributed by atoms with van der Waals surface area (Å²) in [6.45, 7) is 4.09. The highest BCUT2D eigenvalue weighted by atomic mass is 35.5. The van der Waals surface area contributed by atoms with Crippen LogP contribution in [0.25, 0.3) is 11.8 Å². The number of aromatic nitrogens is 1. The van der Waals surface area contributed by atoms with Crippen LogP contribution in [0, 0.1) is 13.8 Å². The average Bonchev–Trinajstić information content (AvgIpc) is 3.05. The Morgan fingerprint density at radius 2 is 1.43 bits per heavy atom. The maximum absolute atomic E-state index is 13.1. The van der Waals surface area contributed by atoms with Gasteiger partial charge in [-0.05, 0) is 86.2 Å². The van der Waals surface area contributed by atoms with Crippen molar-refractivity contribution >= 4 is 52.5 Å². The quantitative estimate of drug-likeness (QED) is 0.372. The molecule has 0 spiro atoms. The summed E-state index contributed by atoms with van der Waals surface area (Å²) in [6, 6.07) is 18.5. The fourth-order valence-electron chi connectivity index (χ4n) is 3.44.